The van der Waals surface area contributed by atoms with Gasteiger partial charge >= 0.3 is 0 Å². The molecule has 104 valence electrons. The Morgan fingerprint density at radius 2 is 1.68 bits per heavy atom. The number of hydrogen-bond donors (Lipinski definition) is 2. The number of anilines is 1. The van der Waals surface area contributed by atoms with E-state index >= 15 is 0 Å². The molecular weight excluding hydrogens is 287 g/mol. The quantitative estimate of drug-likeness (QED) is 0.878. The molecule has 0 aliphatic carbocycles. The van der Waals surface area contributed by atoms with Crippen LogP contribution in [0.15, 0.2) is 18.2 Å². The van der Waals surface area contributed by atoms with Crippen molar-refractivity contribution in [1.29, 1.82) is 0 Å². The zero-order valence-electron chi connectivity index (χ0n) is 10.8. The van der Waals surface area contributed by atoms with Crippen molar-refractivity contribution in [2.45, 2.75) is 20.3 Å². The van der Waals surface area contributed by atoms with Gasteiger partial charge in [-0.3, -0.25) is 9.59 Å². The Hall–Kier alpha value is -1.26. The summed E-state index contributed by atoms with van der Waals surface area (Å²) in [7, 11) is 0. The lowest BCUT2D eigenvalue weighted by atomic mass is 10.1. The van der Waals surface area contributed by atoms with E-state index in [1.165, 1.54) is 0 Å². The topological polar surface area (TPSA) is 58.2 Å². The second-order valence-corrected chi connectivity index (χ2v) is 5.45. The molecule has 0 unspecified atom stereocenters. The molecule has 19 heavy (non-hydrogen) atoms. The van der Waals surface area contributed by atoms with Gasteiger partial charge in [-0.05, 0) is 24.1 Å². The maximum absolute atomic E-state index is 11.6. The second-order valence-electron chi connectivity index (χ2n) is 4.58. The minimum atomic E-state index is -0.324. The van der Waals surface area contributed by atoms with Gasteiger partial charge in [0, 0.05) is 22.2 Å². The van der Waals surface area contributed by atoms with Crippen molar-refractivity contribution in [3.05, 3.63) is 28.2 Å². The van der Waals surface area contributed by atoms with Gasteiger partial charge in [0.05, 0.1) is 6.54 Å². The fourth-order valence-corrected chi connectivity index (χ4v) is 1.98. The summed E-state index contributed by atoms with van der Waals surface area (Å²) in [4.78, 5) is 23.0. The first kappa shape index (κ1) is 15.8. The van der Waals surface area contributed by atoms with Crippen molar-refractivity contribution in [1.82, 2.24) is 5.32 Å². The lowest BCUT2D eigenvalue weighted by molar-refractivity contribution is -0.124. The Morgan fingerprint density at radius 1 is 1.11 bits per heavy atom. The van der Waals surface area contributed by atoms with Gasteiger partial charge in [-0.2, -0.15) is 0 Å². The van der Waals surface area contributed by atoms with Gasteiger partial charge in [0.15, 0.2) is 0 Å². The largest absolute Gasteiger partial charge is 0.347 e. The van der Waals surface area contributed by atoms with Gasteiger partial charge in [0.2, 0.25) is 11.8 Å². The molecule has 0 aliphatic rings. The molecule has 4 nitrogen and oxygen atoms in total. The van der Waals surface area contributed by atoms with Gasteiger partial charge in [-0.15, -0.1) is 0 Å². The van der Waals surface area contributed by atoms with E-state index in [9.17, 15) is 9.59 Å². The lowest BCUT2D eigenvalue weighted by Gasteiger charge is -2.08. The zero-order chi connectivity index (χ0) is 14.4. The zero-order valence-corrected chi connectivity index (χ0v) is 12.3. The Balaban J connectivity index is 2.45. The van der Waals surface area contributed by atoms with Crippen molar-refractivity contribution in [3.8, 4) is 0 Å². The molecular formula is C13H16Cl2N2O2. The first-order valence-electron chi connectivity index (χ1n) is 5.89. The van der Waals surface area contributed by atoms with Gasteiger partial charge < -0.3 is 10.6 Å². The number of hydrogen-bond acceptors (Lipinski definition) is 2. The highest BCUT2D eigenvalue weighted by atomic mass is 35.5. The number of rotatable bonds is 5. The van der Waals surface area contributed by atoms with Crippen LogP contribution in [0.3, 0.4) is 0 Å². The summed E-state index contributed by atoms with van der Waals surface area (Å²) in [5.74, 6) is -0.209. The third-order valence-corrected chi connectivity index (χ3v) is 2.62. The maximum Gasteiger partial charge on any atom is 0.243 e. The number of carbonyl (C=O) groups excluding carboxylic acids is 2. The van der Waals surface area contributed by atoms with Gasteiger partial charge in [-0.25, -0.2) is 0 Å². The van der Waals surface area contributed by atoms with Crippen molar-refractivity contribution in [2.24, 2.45) is 5.92 Å². The van der Waals surface area contributed by atoms with Gasteiger partial charge in [-0.1, -0.05) is 37.0 Å². The third kappa shape index (κ3) is 6.45. The third-order valence-electron chi connectivity index (χ3n) is 2.19. The molecule has 0 aliphatic heterocycles. The molecule has 1 rings (SSSR count). The summed E-state index contributed by atoms with van der Waals surface area (Å²) in [6, 6.07) is 4.74. The Morgan fingerprint density at radius 3 is 2.21 bits per heavy atom. The lowest BCUT2D eigenvalue weighted by Crippen LogP contribution is -2.33. The van der Waals surface area contributed by atoms with Crippen LogP contribution in [0.4, 0.5) is 5.69 Å². The highest BCUT2D eigenvalue weighted by Crippen LogP contribution is 2.22. The van der Waals surface area contributed by atoms with Crippen LogP contribution in [0.1, 0.15) is 20.3 Å². The predicted octanol–water partition coefficient (Wildman–Crippen LogP) is 3.09. The van der Waals surface area contributed by atoms with E-state index in [0.29, 0.717) is 22.2 Å². The fourth-order valence-electron chi connectivity index (χ4n) is 1.45. The molecule has 2 amide bonds. The van der Waals surface area contributed by atoms with Gasteiger partial charge in [0.1, 0.15) is 0 Å². The first-order valence-corrected chi connectivity index (χ1v) is 6.65. The summed E-state index contributed by atoms with van der Waals surface area (Å²) < 4.78 is 0. The summed E-state index contributed by atoms with van der Waals surface area (Å²) in [5, 5.41) is 6.03. The average Bonchev–Trinajstić information content (AvgIpc) is 2.23. The minimum Gasteiger partial charge on any atom is -0.347 e. The Kier molecular flexibility index (Phi) is 6.12. The molecule has 0 atom stereocenters. The second kappa shape index (κ2) is 7.36. The molecule has 6 heteroatoms. The molecule has 0 fully saturated rings. The molecule has 1 aromatic rings. The predicted molar refractivity (Wildman–Crippen MR) is 77.6 cm³/mol. The fraction of sp³-hybridized carbons (Fsp3) is 0.385. The molecule has 0 radical (unpaired) electrons. The molecule has 0 bridgehead atoms. The van der Waals surface area contributed by atoms with Crippen LogP contribution in [0.5, 0.6) is 0 Å². The van der Waals surface area contributed by atoms with Crippen LogP contribution >= 0.6 is 23.2 Å². The maximum atomic E-state index is 11.6. The number of halogens is 2. The highest BCUT2D eigenvalue weighted by Gasteiger charge is 2.08. The van der Waals surface area contributed by atoms with Crippen LogP contribution in [0.2, 0.25) is 10.0 Å². The molecule has 0 aromatic heterocycles. The number of benzene rings is 1. The normalized spacial score (nSPS) is 10.4. The summed E-state index contributed by atoms with van der Waals surface area (Å²) in [6.45, 7) is 3.80. The Labute approximate surface area is 122 Å². The van der Waals surface area contributed by atoms with E-state index in [1.54, 1.807) is 18.2 Å². The van der Waals surface area contributed by atoms with Crippen molar-refractivity contribution in [2.75, 3.05) is 11.9 Å². The van der Waals surface area contributed by atoms with Crippen molar-refractivity contribution < 1.29 is 9.59 Å². The molecule has 0 spiro atoms. The van der Waals surface area contributed by atoms with E-state index in [-0.39, 0.29) is 24.3 Å². The standard InChI is InChI=1S/C13H16Cl2N2O2/c1-8(2)3-12(18)16-7-13(19)17-11-5-9(14)4-10(15)6-11/h4-6,8H,3,7H2,1-2H3,(H,16,18)(H,17,19). The van der Waals surface area contributed by atoms with E-state index < -0.39 is 0 Å². The monoisotopic (exact) mass is 302 g/mol. The van der Waals surface area contributed by atoms with E-state index in [1.807, 2.05) is 13.8 Å². The number of nitrogens with one attached hydrogen (secondary N) is 2. The average molecular weight is 303 g/mol. The number of carbonyl (C=O) groups is 2. The molecule has 0 saturated heterocycles. The van der Waals surface area contributed by atoms with E-state index in [2.05, 4.69) is 10.6 Å². The number of amides is 2. The van der Waals surface area contributed by atoms with Crippen molar-refractivity contribution in [3.63, 3.8) is 0 Å². The van der Waals surface area contributed by atoms with Gasteiger partial charge in [0.25, 0.3) is 0 Å². The molecule has 2 N–H and O–H groups in total. The molecule has 0 heterocycles. The Bertz CT molecular complexity index is 455. The summed E-state index contributed by atoms with van der Waals surface area (Å²) in [6.07, 6.45) is 0.399. The van der Waals surface area contributed by atoms with Crippen LogP contribution in [0.25, 0.3) is 0 Å². The van der Waals surface area contributed by atoms with E-state index in [4.69, 9.17) is 23.2 Å². The van der Waals surface area contributed by atoms with Crippen LogP contribution in [-0.2, 0) is 9.59 Å². The minimum absolute atomic E-state index is 0.0737. The first-order chi connectivity index (χ1) is 8.86. The highest BCUT2D eigenvalue weighted by molar-refractivity contribution is 6.35. The summed E-state index contributed by atoms with van der Waals surface area (Å²) in [5.41, 5.74) is 0.501. The van der Waals surface area contributed by atoms with Crippen molar-refractivity contribution >= 4 is 40.7 Å². The van der Waals surface area contributed by atoms with Crippen LogP contribution < -0.4 is 10.6 Å². The SMILES string of the molecule is CC(C)CC(=O)NCC(=O)Nc1cc(Cl)cc(Cl)c1. The summed E-state index contributed by atoms with van der Waals surface area (Å²) >= 11 is 11.6. The van der Waals surface area contributed by atoms with E-state index in [0.717, 1.165) is 0 Å². The van der Waals surface area contributed by atoms with Crippen LogP contribution in [-0.4, -0.2) is 18.4 Å². The molecule has 1 aromatic carbocycles. The molecule has 0 saturated carbocycles. The van der Waals surface area contributed by atoms with Crippen LogP contribution in [0, 0.1) is 5.92 Å². The smallest absolute Gasteiger partial charge is 0.243 e.